The van der Waals surface area contributed by atoms with Crippen molar-refractivity contribution in [3.05, 3.63) is 59.6 Å². The maximum absolute atomic E-state index is 12.5. The normalized spacial score (nSPS) is 13.3. The molecule has 1 aromatic heterocycles. The number of ether oxygens (including phenoxy) is 1. The Morgan fingerprint density at radius 2 is 1.93 bits per heavy atom. The molecule has 4 rings (SSSR count). The van der Waals surface area contributed by atoms with Gasteiger partial charge in [-0.05, 0) is 48.5 Å². The highest BCUT2D eigenvalue weighted by molar-refractivity contribution is 7.13. The highest BCUT2D eigenvalue weighted by Crippen LogP contribution is 2.26. The number of carbonyl (C=O) groups is 2. The van der Waals surface area contributed by atoms with Gasteiger partial charge in [-0.15, -0.1) is 11.3 Å². The summed E-state index contributed by atoms with van der Waals surface area (Å²) < 4.78 is 5.16. The number of thiazole rings is 1. The van der Waals surface area contributed by atoms with Crippen molar-refractivity contribution in [2.45, 2.75) is 0 Å². The van der Waals surface area contributed by atoms with Crippen LogP contribution in [0.3, 0.4) is 0 Å². The average Bonchev–Trinajstić information content (AvgIpc) is 3.38. The first-order valence-corrected chi connectivity index (χ1v) is 9.59. The maximum Gasteiger partial charge on any atom is 0.321 e. The van der Waals surface area contributed by atoms with E-state index in [4.69, 9.17) is 4.74 Å². The molecule has 1 aliphatic heterocycles. The SMILES string of the molecule is COc1ccc(-c2nc(C(=O)Nc3ccc(N4CCNC4=O)cc3)cs2)cc1. The molecule has 1 aliphatic rings. The molecule has 3 aromatic rings. The predicted molar refractivity (Wildman–Crippen MR) is 109 cm³/mol. The number of hydrogen-bond acceptors (Lipinski definition) is 5. The van der Waals surface area contributed by atoms with Gasteiger partial charge in [0.05, 0.1) is 7.11 Å². The van der Waals surface area contributed by atoms with Gasteiger partial charge in [-0.2, -0.15) is 0 Å². The molecular weight excluding hydrogens is 376 g/mol. The number of nitrogens with zero attached hydrogens (tertiary/aromatic N) is 2. The summed E-state index contributed by atoms with van der Waals surface area (Å²) in [6.07, 6.45) is 0. The summed E-state index contributed by atoms with van der Waals surface area (Å²) in [4.78, 5) is 30.3. The lowest BCUT2D eigenvalue weighted by Crippen LogP contribution is -2.27. The van der Waals surface area contributed by atoms with Gasteiger partial charge in [-0.1, -0.05) is 0 Å². The number of methoxy groups -OCH3 is 1. The second-order valence-electron chi connectivity index (χ2n) is 6.15. The van der Waals surface area contributed by atoms with Crippen LogP contribution in [0.15, 0.2) is 53.9 Å². The van der Waals surface area contributed by atoms with Crippen LogP contribution >= 0.6 is 11.3 Å². The fourth-order valence-corrected chi connectivity index (χ4v) is 3.69. The van der Waals surface area contributed by atoms with Gasteiger partial charge in [0, 0.05) is 35.4 Å². The molecule has 3 amide bonds. The number of urea groups is 1. The van der Waals surface area contributed by atoms with Crippen LogP contribution in [0.1, 0.15) is 10.5 Å². The monoisotopic (exact) mass is 394 g/mol. The molecule has 142 valence electrons. The molecule has 0 atom stereocenters. The fourth-order valence-electron chi connectivity index (χ4n) is 2.88. The molecule has 7 nitrogen and oxygen atoms in total. The Morgan fingerprint density at radius 3 is 2.57 bits per heavy atom. The van der Waals surface area contributed by atoms with Gasteiger partial charge in [0.15, 0.2) is 0 Å². The van der Waals surface area contributed by atoms with Crippen molar-refractivity contribution in [2.24, 2.45) is 0 Å². The molecule has 0 radical (unpaired) electrons. The average molecular weight is 394 g/mol. The minimum Gasteiger partial charge on any atom is -0.497 e. The van der Waals surface area contributed by atoms with Gasteiger partial charge in [-0.3, -0.25) is 9.69 Å². The van der Waals surface area contributed by atoms with Gasteiger partial charge >= 0.3 is 6.03 Å². The smallest absolute Gasteiger partial charge is 0.321 e. The lowest BCUT2D eigenvalue weighted by atomic mass is 10.2. The Bertz CT molecular complexity index is 999. The van der Waals surface area contributed by atoms with Crippen molar-refractivity contribution in [3.63, 3.8) is 0 Å². The first kappa shape index (κ1) is 18.0. The molecule has 0 unspecified atom stereocenters. The first-order chi connectivity index (χ1) is 13.6. The van der Waals surface area contributed by atoms with E-state index in [0.717, 1.165) is 22.0 Å². The molecule has 0 spiro atoms. The largest absolute Gasteiger partial charge is 0.497 e. The van der Waals surface area contributed by atoms with E-state index in [2.05, 4.69) is 15.6 Å². The van der Waals surface area contributed by atoms with E-state index in [-0.39, 0.29) is 11.9 Å². The third-order valence-electron chi connectivity index (χ3n) is 4.37. The minimum absolute atomic E-state index is 0.106. The number of aromatic nitrogens is 1. The number of carbonyl (C=O) groups excluding carboxylic acids is 2. The van der Waals surface area contributed by atoms with Crippen LogP contribution in [-0.2, 0) is 0 Å². The Balaban J connectivity index is 1.43. The summed E-state index contributed by atoms with van der Waals surface area (Å²) in [7, 11) is 1.62. The maximum atomic E-state index is 12.5. The number of amides is 3. The van der Waals surface area contributed by atoms with E-state index in [0.29, 0.717) is 24.5 Å². The molecule has 28 heavy (non-hydrogen) atoms. The second-order valence-corrected chi connectivity index (χ2v) is 7.01. The van der Waals surface area contributed by atoms with Crippen LogP contribution in [-0.4, -0.2) is 37.1 Å². The van der Waals surface area contributed by atoms with Gasteiger partial charge in [-0.25, -0.2) is 9.78 Å². The summed E-state index contributed by atoms with van der Waals surface area (Å²) in [5.41, 5.74) is 2.73. The lowest BCUT2D eigenvalue weighted by Gasteiger charge is -2.14. The minimum atomic E-state index is -0.275. The zero-order chi connectivity index (χ0) is 19.5. The molecule has 8 heteroatoms. The van der Waals surface area contributed by atoms with E-state index in [9.17, 15) is 9.59 Å². The molecule has 2 heterocycles. The zero-order valence-electron chi connectivity index (χ0n) is 15.1. The Hall–Kier alpha value is -3.39. The van der Waals surface area contributed by atoms with Crippen molar-refractivity contribution in [2.75, 3.05) is 30.4 Å². The van der Waals surface area contributed by atoms with Crippen LogP contribution in [0, 0.1) is 0 Å². The molecule has 0 bridgehead atoms. The summed E-state index contributed by atoms with van der Waals surface area (Å²) in [6, 6.07) is 14.6. The highest BCUT2D eigenvalue weighted by Gasteiger charge is 2.21. The van der Waals surface area contributed by atoms with Gasteiger partial charge in [0.25, 0.3) is 5.91 Å². The Kier molecular flexibility index (Phi) is 4.94. The quantitative estimate of drug-likeness (QED) is 0.693. The predicted octanol–water partition coefficient (Wildman–Crippen LogP) is 3.60. The van der Waals surface area contributed by atoms with Crippen LogP contribution in [0.2, 0.25) is 0 Å². The molecule has 0 saturated carbocycles. The summed E-state index contributed by atoms with van der Waals surface area (Å²) in [6.45, 7) is 1.27. The highest BCUT2D eigenvalue weighted by atomic mass is 32.1. The van der Waals surface area contributed by atoms with Gasteiger partial charge in [0.2, 0.25) is 0 Å². The van der Waals surface area contributed by atoms with Crippen molar-refractivity contribution >= 4 is 34.6 Å². The van der Waals surface area contributed by atoms with E-state index in [1.165, 1.54) is 11.3 Å². The van der Waals surface area contributed by atoms with Crippen molar-refractivity contribution in [3.8, 4) is 16.3 Å². The van der Waals surface area contributed by atoms with Gasteiger partial charge in [0.1, 0.15) is 16.5 Å². The Labute approximate surface area is 166 Å². The number of anilines is 2. The fraction of sp³-hybridized carbons (Fsp3) is 0.150. The number of nitrogens with one attached hydrogen (secondary N) is 2. The zero-order valence-corrected chi connectivity index (χ0v) is 16.0. The van der Waals surface area contributed by atoms with Crippen LogP contribution in [0.25, 0.3) is 10.6 Å². The third-order valence-corrected chi connectivity index (χ3v) is 5.26. The van der Waals surface area contributed by atoms with Crippen molar-refractivity contribution in [1.29, 1.82) is 0 Å². The topological polar surface area (TPSA) is 83.6 Å². The third kappa shape index (κ3) is 3.67. The standard InChI is InChI=1S/C20H18N4O3S/c1-27-16-8-2-13(3-9-16)19-23-17(12-28-19)18(25)22-14-4-6-15(7-5-14)24-11-10-21-20(24)26/h2-9,12H,10-11H2,1H3,(H,21,26)(H,22,25). The molecule has 1 saturated heterocycles. The molecule has 2 N–H and O–H groups in total. The van der Waals surface area contributed by atoms with Crippen molar-refractivity contribution < 1.29 is 14.3 Å². The van der Waals surface area contributed by atoms with E-state index in [1.54, 1.807) is 29.5 Å². The first-order valence-electron chi connectivity index (χ1n) is 8.71. The molecular formula is C20H18N4O3S. The van der Waals surface area contributed by atoms with Crippen LogP contribution in [0.4, 0.5) is 16.2 Å². The molecule has 1 fully saturated rings. The van der Waals surface area contributed by atoms with Crippen molar-refractivity contribution in [1.82, 2.24) is 10.3 Å². The van der Waals surface area contributed by atoms with E-state index >= 15 is 0 Å². The lowest BCUT2D eigenvalue weighted by molar-refractivity contribution is 0.102. The van der Waals surface area contributed by atoms with E-state index in [1.807, 2.05) is 36.4 Å². The summed E-state index contributed by atoms with van der Waals surface area (Å²) in [5.74, 6) is 0.496. The molecule has 2 aromatic carbocycles. The van der Waals surface area contributed by atoms with Crippen LogP contribution in [0.5, 0.6) is 5.75 Å². The van der Waals surface area contributed by atoms with Crippen LogP contribution < -0.4 is 20.3 Å². The number of hydrogen-bond donors (Lipinski definition) is 2. The number of benzene rings is 2. The van der Waals surface area contributed by atoms with Gasteiger partial charge < -0.3 is 15.4 Å². The Morgan fingerprint density at radius 1 is 1.18 bits per heavy atom. The second kappa shape index (κ2) is 7.69. The number of rotatable bonds is 5. The summed E-state index contributed by atoms with van der Waals surface area (Å²) >= 11 is 1.41. The molecule has 0 aliphatic carbocycles. The summed E-state index contributed by atoms with van der Waals surface area (Å²) in [5, 5.41) is 8.10. The van der Waals surface area contributed by atoms with E-state index < -0.39 is 0 Å².